The first-order chi connectivity index (χ1) is 8.59. The summed E-state index contributed by atoms with van der Waals surface area (Å²) in [6.07, 6.45) is 0.872. The average molecular weight is 246 g/mol. The monoisotopic (exact) mass is 246 g/mol. The molecule has 0 saturated heterocycles. The Morgan fingerprint density at radius 3 is 2.83 bits per heavy atom. The van der Waals surface area contributed by atoms with Crippen molar-refractivity contribution in [2.45, 2.75) is 19.3 Å². The molecule has 0 saturated carbocycles. The molecule has 18 heavy (non-hydrogen) atoms. The van der Waals surface area contributed by atoms with Gasteiger partial charge in [0.15, 0.2) is 0 Å². The number of para-hydroxylation sites is 2. The van der Waals surface area contributed by atoms with E-state index in [9.17, 15) is 9.59 Å². The minimum atomic E-state index is -0.854. The summed E-state index contributed by atoms with van der Waals surface area (Å²) in [4.78, 5) is 26.8. The molecule has 0 bridgehead atoms. The zero-order chi connectivity index (χ0) is 13.1. The molecule has 0 atom stereocenters. The molecule has 5 nitrogen and oxygen atoms in total. The molecule has 0 aliphatic rings. The number of carbonyl (C=O) groups is 1. The van der Waals surface area contributed by atoms with Crippen molar-refractivity contribution in [1.82, 2.24) is 9.55 Å². The fourth-order valence-corrected chi connectivity index (χ4v) is 1.91. The molecule has 0 fully saturated rings. The third-order valence-electron chi connectivity index (χ3n) is 2.85. The third-order valence-corrected chi connectivity index (χ3v) is 2.85. The van der Waals surface area contributed by atoms with Gasteiger partial charge in [-0.15, -0.1) is 0 Å². The second-order valence-corrected chi connectivity index (χ2v) is 4.16. The van der Waals surface area contributed by atoms with Crippen molar-refractivity contribution in [2.24, 2.45) is 7.05 Å². The molecule has 5 heteroatoms. The van der Waals surface area contributed by atoms with Gasteiger partial charge in [0.25, 0.3) is 5.56 Å². The molecule has 0 unspecified atom stereocenters. The molecular formula is C13H14N2O3. The number of rotatable bonds is 4. The highest BCUT2D eigenvalue weighted by Gasteiger charge is 2.08. The van der Waals surface area contributed by atoms with Gasteiger partial charge in [-0.05, 0) is 25.0 Å². The van der Waals surface area contributed by atoms with E-state index in [4.69, 9.17) is 5.11 Å². The fourth-order valence-electron chi connectivity index (χ4n) is 1.91. The minimum Gasteiger partial charge on any atom is -0.481 e. The average Bonchev–Trinajstić information content (AvgIpc) is 2.35. The highest BCUT2D eigenvalue weighted by atomic mass is 16.4. The van der Waals surface area contributed by atoms with Crippen LogP contribution >= 0.6 is 0 Å². The Labute approximate surface area is 104 Å². The summed E-state index contributed by atoms with van der Waals surface area (Å²) in [5.74, 6) is -0.854. The van der Waals surface area contributed by atoms with Gasteiger partial charge in [-0.2, -0.15) is 0 Å². The van der Waals surface area contributed by atoms with Crippen molar-refractivity contribution in [1.29, 1.82) is 0 Å². The van der Waals surface area contributed by atoms with E-state index in [1.807, 2.05) is 24.3 Å². The lowest BCUT2D eigenvalue weighted by Gasteiger charge is -2.07. The number of aryl methyl sites for hydroxylation is 2. The molecule has 1 N–H and O–H groups in total. The Bertz CT molecular complexity index is 646. The SMILES string of the molecule is Cn1c(=O)c(CCCC(=O)O)nc2ccccc21. The van der Waals surface area contributed by atoms with Gasteiger partial charge in [-0.25, -0.2) is 4.98 Å². The third kappa shape index (κ3) is 2.40. The van der Waals surface area contributed by atoms with Gasteiger partial charge >= 0.3 is 5.97 Å². The summed E-state index contributed by atoms with van der Waals surface area (Å²) in [6.45, 7) is 0. The molecule has 0 spiro atoms. The number of aromatic nitrogens is 2. The second kappa shape index (κ2) is 5.00. The van der Waals surface area contributed by atoms with Crippen LogP contribution in [-0.2, 0) is 18.3 Å². The summed E-state index contributed by atoms with van der Waals surface area (Å²) in [7, 11) is 1.70. The number of nitrogens with zero attached hydrogens (tertiary/aromatic N) is 2. The first-order valence-corrected chi connectivity index (χ1v) is 5.76. The predicted molar refractivity (Wildman–Crippen MR) is 67.6 cm³/mol. The van der Waals surface area contributed by atoms with E-state index < -0.39 is 5.97 Å². The van der Waals surface area contributed by atoms with Crippen molar-refractivity contribution in [3.05, 3.63) is 40.3 Å². The Hall–Kier alpha value is -2.17. The summed E-state index contributed by atoms with van der Waals surface area (Å²) < 4.78 is 1.55. The van der Waals surface area contributed by atoms with Crippen LogP contribution in [0.15, 0.2) is 29.1 Å². The molecule has 0 radical (unpaired) electrons. The van der Waals surface area contributed by atoms with E-state index in [1.165, 1.54) is 0 Å². The molecule has 94 valence electrons. The molecule has 2 rings (SSSR count). The van der Waals surface area contributed by atoms with E-state index in [-0.39, 0.29) is 12.0 Å². The minimum absolute atomic E-state index is 0.0532. The maximum absolute atomic E-state index is 12.0. The Morgan fingerprint density at radius 1 is 1.39 bits per heavy atom. The van der Waals surface area contributed by atoms with Crippen LogP contribution in [0.5, 0.6) is 0 Å². The van der Waals surface area contributed by atoms with Crippen molar-refractivity contribution < 1.29 is 9.90 Å². The Balaban J connectivity index is 2.36. The zero-order valence-corrected chi connectivity index (χ0v) is 10.1. The molecule has 0 amide bonds. The summed E-state index contributed by atoms with van der Waals surface area (Å²) in [5.41, 5.74) is 1.81. The van der Waals surface area contributed by atoms with Crippen LogP contribution < -0.4 is 5.56 Å². The van der Waals surface area contributed by atoms with Crippen LogP contribution in [0.25, 0.3) is 11.0 Å². The Morgan fingerprint density at radius 2 is 2.11 bits per heavy atom. The van der Waals surface area contributed by atoms with E-state index in [1.54, 1.807) is 11.6 Å². The van der Waals surface area contributed by atoms with Gasteiger partial charge < -0.3 is 9.67 Å². The first-order valence-electron chi connectivity index (χ1n) is 5.76. The number of carboxylic acids is 1. The lowest BCUT2D eigenvalue weighted by Crippen LogP contribution is -2.23. The van der Waals surface area contributed by atoms with Crippen LogP contribution in [-0.4, -0.2) is 20.6 Å². The predicted octanol–water partition coefficient (Wildman–Crippen LogP) is 1.34. The highest BCUT2D eigenvalue weighted by molar-refractivity contribution is 5.74. The summed E-state index contributed by atoms with van der Waals surface area (Å²) in [6, 6.07) is 7.40. The van der Waals surface area contributed by atoms with Crippen LogP contribution in [0.1, 0.15) is 18.5 Å². The zero-order valence-electron chi connectivity index (χ0n) is 10.1. The number of aliphatic carboxylic acids is 1. The van der Waals surface area contributed by atoms with Gasteiger partial charge in [0.2, 0.25) is 0 Å². The smallest absolute Gasteiger partial charge is 0.303 e. The molecule has 0 aliphatic heterocycles. The standard InChI is InChI=1S/C13H14N2O3/c1-15-11-7-3-2-5-9(11)14-10(13(15)18)6-4-8-12(16)17/h2-3,5,7H,4,6,8H2,1H3,(H,16,17). The topological polar surface area (TPSA) is 72.2 Å². The first kappa shape index (κ1) is 12.3. The number of benzene rings is 1. The van der Waals surface area contributed by atoms with Gasteiger partial charge in [-0.3, -0.25) is 9.59 Å². The summed E-state index contributed by atoms with van der Waals surface area (Å²) in [5, 5.41) is 8.58. The van der Waals surface area contributed by atoms with Crippen LogP contribution in [0.3, 0.4) is 0 Å². The van der Waals surface area contributed by atoms with Gasteiger partial charge in [-0.1, -0.05) is 12.1 Å². The van der Waals surface area contributed by atoms with E-state index in [0.29, 0.717) is 18.5 Å². The molecule has 1 aromatic heterocycles. The van der Waals surface area contributed by atoms with Gasteiger partial charge in [0.1, 0.15) is 5.69 Å². The fraction of sp³-hybridized carbons (Fsp3) is 0.308. The van der Waals surface area contributed by atoms with E-state index >= 15 is 0 Å². The van der Waals surface area contributed by atoms with Crippen molar-refractivity contribution in [2.75, 3.05) is 0 Å². The van der Waals surface area contributed by atoms with E-state index in [0.717, 1.165) is 11.0 Å². The number of hydrogen-bond donors (Lipinski definition) is 1. The largest absolute Gasteiger partial charge is 0.481 e. The summed E-state index contributed by atoms with van der Waals surface area (Å²) >= 11 is 0. The van der Waals surface area contributed by atoms with Crippen molar-refractivity contribution >= 4 is 17.0 Å². The molecule has 1 aromatic carbocycles. The van der Waals surface area contributed by atoms with Crippen LogP contribution in [0.4, 0.5) is 0 Å². The van der Waals surface area contributed by atoms with Crippen LogP contribution in [0.2, 0.25) is 0 Å². The molecule has 2 aromatic rings. The maximum atomic E-state index is 12.0. The van der Waals surface area contributed by atoms with Gasteiger partial charge in [0, 0.05) is 13.5 Å². The second-order valence-electron chi connectivity index (χ2n) is 4.16. The lowest BCUT2D eigenvalue weighted by atomic mass is 10.2. The van der Waals surface area contributed by atoms with Crippen molar-refractivity contribution in [3.63, 3.8) is 0 Å². The normalized spacial score (nSPS) is 10.7. The number of carboxylic acid groups (broad SMARTS) is 1. The van der Waals surface area contributed by atoms with Crippen molar-refractivity contribution in [3.8, 4) is 0 Å². The number of hydrogen-bond acceptors (Lipinski definition) is 3. The lowest BCUT2D eigenvalue weighted by molar-refractivity contribution is -0.137. The Kier molecular flexibility index (Phi) is 3.41. The molecular weight excluding hydrogens is 232 g/mol. The maximum Gasteiger partial charge on any atom is 0.303 e. The van der Waals surface area contributed by atoms with E-state index in [2.05, 4.69) is 4.98 Å². The van der Waals surface area contributed by atoms with Gasteiger partial charge in [0.05, 0.1) is 11.0 Å². The number of fused-ring (bicyclic) bond motifs is 1. The molecule has 0 aliphatic carbocycles. The highest BCUT2D eigenvalue weighted by Crippen LogP contribution is 2.09. The van der Waals surface area contributed by atoms with Crippen LogP contribution in [0, 0.1) is 0 Å². The quantitative estimate of drug-likeness (QED) is 0.883. The molecule has 1 heterocycles.